The first-order valence-corrected chi connectivity index (χ1v) is 8.01. The van der Waals surface area contributed by atoms with Gasteiger partial charge < -0.3 is 4.74 Å². The highest BCUT2D eigenvalue weighted by atomic mass is 16.5. The van der Waals surface area contributed by atoms with Crippen LogP contribution in [0, 0.1) is 11.8 Å². The van der Waals surface area contributed by atoms with Crippen molar-refractivity contribution in [2.75, 3.05) is 13.2 Å². The Hall–Kier alpha value is -1.35. The summed E-state index contributed by atoms with van der Waals surface area (Å²) in [7, 11) is 0. The van der Waals surface area contributed by atoms with E-state index in [-0.39, 0.29) is 12.0 Å². The maximum atomic E-state index is 12.5. The molecule has 3 heteroatoms. The van der Waals surface area contributed by atoms with Crippen molar-refractivity contribution < 1.29 is 9.53 Å². The van der Waals surface area contributed by atoms with E-state index < -0.39 is 0 Å². The van der Waals surface area contributed by atoms with Gasteiger partial charge in [0.05, 0.1) is 6.61 Å². The fourth-order valence-corrected chi connectivity index (χ4v) is 3.42. The molecule has 1 aliphatic heterocycles. The zero-order valence-corrected chi connectivity index (χ0v) is 13.6. The standard InChI is InChI=1S/C18H27NO2/c1-5-21-18(20)17(16-9-7-6-8-10-16)19-12-13(2)11-14(3)15(19)4/h6-10,13-15,17H,5,11-12H2,1-4H3. The number of esters is 1. The number of carbonyl (C=O) groups excluding carboxylic acids is 1. The first-order chi connectivity index (χ1) is 10.0. The highest BCUT2D eigenvalue weighted by molar-refractivity contribution is 5.77. The minimum Gasteiger partial charge on any atom is -0.465 e. The predicted molar refractivity (Wildman–Crippen MR) is 84.9 cm³/mol. The Morgan fingerprint density at radius 3 is 2.57 bits per heavy atom. The minimum atomic E-state index is -0.286. The smallest absolute Gasteiger partial charge is 0.328 e. The molecule has 0 spiro atoms. The lowest BCUT2D eigenvalue weighted by atomic mass is 9.84. The normalized spacial score (nSPS) is 28.1. The maximum Gasteiger partial charge on any atom is 0.328 e. The van der Waals surface area contributed by atoms with Crippen molar-refractivity contribution >= 4 is 5.97 Å². The zero-order valence-electron chi connectivity index (χ0n) is 13.6. The highest BCUT2D eigenvalue weighted by Gasteiger charge is 2.38. The number of hydrogen-bond acceptors (Lipinski definition) is 3. The summed E-state index contributed by atoms with van der Waals surface area (Å²) in [5, 5.41) is 0. The second-order valence-electron chi connectivity index (χ2n) is 6.32. The molecule has 1 saturated heterocycles. The van der Waals surface area contributed by atoms with Crippen molar-refractivity contribution in [1.82, 2.24) is 4.90 Å². The van der Waals surface area contributed by atoms with E-state index in [1.165, 1.54) is 6.42 Å². The van der Waals surface area contributed by atoms with E-state index in [4.69, 9.17) is 4.74 Å². The van der Waals surface area contributed by atoms with Gasteiger partial charge >= 0.3 is 5.97 Å². The Bertz CT molecular complexity index is 460. The summed E-state index contributed by atoms with van der Waals surface area (Å²) >= 11 is 0. The number of hydrogen-bond donors (Lipinski definition) is 0. The van der Waals surface area contributed by atoms with Crippen molar-refractivity contribution in [1.29, 1.82) is 0 Å². The lowest BCUT2D eigenvalue weighted by molar-refractivity contribution is -0.152. The molecule has 21 heavy (non-hydrogen) atoms. The average molecular weight is 289 g/mol. The summed E-state index contributed by atoms with van der Waals surface area (Å²) in [6.45, 7) is 10.0. The first kappa shape index (κ1) is 16.0. The molecule has 0 aromatic heterocycles. The van der Waals surface area contributed by atoms with Gasteiger partial charge in [0.15, 0.2) is 0 Å². The minimum absolute atomic E-state index is 0.128. The van der Waals surface area contributed by atoms with E-state index in [0.29, 0.717) is 24.5 Å². The van der Waals surface area contributed by atoms with Crippen LogP contribution in [-0.2, 0) is 9.53 Å². The predicted octanol–water partition coefficient (Wildman–Crippen LogP) is 3.66. The van der Waals surface area contributed by atoms with Gasteiger partial charge in [-0.05, 0) is 37.7 Å². The van der Waals surface area contributed by atoms with Crippen LogP contribution < -0.4 is 0 Å². The van der Waals surface area contributed by atoms with Crippen LogP contribution in [0.3, 0.4) is 0 Å². The number of nitrogens with zero attached hydrogens (tertiary/aromatic N) is 1. The number of benzene rings is 1. The van der Waals surface area contributed by atoms with Crippen LogP contribution in [0.25, 0.3) is 0 Å². The first-order valence-electron chi connectivity index (χ1n) is 8.01. The van der Waals surface area contributed by atoms with E-state index >= 15 is 0 Å². The third-order valence-electron chi connectivity index (χ3n) is 4.60. The quantitative estimate of drug-likeness (QED) is 0.792. The monoisotopic (exact) mass is 289 g/mol. The second-order valence-corrected chi connectivity index (χ2v) is 6.32. The molecule has 4 unspecified atom stereocenters. The lowest BCUT2D eigenvalue weighted by Gasteiger charge is -2.44. The maximum absolute atomic E-state index is 12.5. The van der Waals surface area contributed by atoms with Gasteiger partial charge in [-0.15, -0.1) is 0 Å². The van der Waals surface area contributed by atoms with Crippen LogP contribution >= 0.6 is 0 Å². The van der Waals surface area contributed by atoms with Gasteiger partial charge in [0.25, 0.3) is 0 Å². The van der Waals surface area contributed by atoms with Gasteiger partial charge in [0.1, 0.15) is 6.04 Å². The molecule has 4 atom stereocenters. The molecule has 0 aliphatic carbocycles. The number of ether oxygens (including phenoxy) is 1. The zero-order chi connectivity index (χ0) is 15.4. The Labute approximate surface area is 128 Å². The molecule has 1 aromatic carbocycles. The summed E-state index contributed by atoms with van der Waals surface area (Å²) in [5.74, 6) is 1.07. The molecule has 0 bridgehead atoms. The molecule has 3 nitrogen and oxygen atoms in total. The number of piperidine rings is 1. The molecular weight excluding hydrogens is 262 g/mol. The van der Waals surface area contributed by atoms with Gasteiger partial charge in [0.2, 0.25) is 0 Å². The van der Waals surface area contributed by atoms with Crippen molar-refractivity contribution in [3.05, 3.63) is 35.9 Å². The summed E-state index contributed by atoms with van der Waals surface area (Å²) in [5.41, 5.74) is 1.03. The Morgan fingerprint density at radius 1 is 1.29 bits per heavy atom. The Morgan fingerprint density at radius 2 is 1.95 bits per heavy atom. The fourth-order valence-electron chi connectivity index (χ4n) is 3.42. The molecule has 1 fully saturated rings. The topological polar surface area (TPSA) is 29.5 Å². The Balaban J connectivity index is 2.32. The summed E-state index contributed by atoms with van der Waals surface area (Å²) in [4.78, 5) is 14.9. The Kier molecular flexibility index (Phi) is 5.40. The summed E-state index contributed by atoms with van der Waals surface area (Å²) in [6.07, 6.45) is 1.22. The van der Waals surface area contributed by atoms with E-state index in [1.54, 1.807) is 0 Å². The van der Waals surface area contributed by atoms with Crippen molar-refractivity contribution in [3.63, 3.8) is 0 Å². The van der Waals surface area contributed by atoms with Crippen molar-refractivity contribution in [2.24, 2.45) is 11.8 Å². The van der Waals surface area contributed by atoms with Crippen LogP contribution in [0.1, 0.15) is 45.7 Å². The summed E-state index contributed by atoms with van der Waals surface area (Å²) in [6, 6.07) is 10.1. The van der Waals surface area contributed by atoms with Crippen LogP contribution in [0.15, 0.2) is 30.3 Å². The third-order valence-corrected chi connectivity index (χ3v) is 4.60. The molecule has 0 N–H and O–H groups in total. The van der Waals surface area contributed by atoms with Crippen molar-refractivity contribution in [3.8, 4) is 0 Å². The van der Waals surface area contributed by atoms with Crippen LogP contribution in [-0.4, -0.2) is 30.1 Å². The molecule has 1 aliphatic rings. The molecule has 1 heterocycles. The molecule has 2 rings (SSSR count). The SMILES string of the molecule is CCOC(=O)C(c1ccccc1)N1CC(C)CC(C)C1C. The van der Waals surface area contributed by atoms with E-state index in [1.807, 2.05) is 37.3 Å². The molecule has 0 radical (unpaired) electrons. The largest absolute Gasteiger partial charge is 0.465 e. The van der Waals surface area contributed by atoms with E-state index in [0.717, 1.165) is 12.1 Å². The van der Waals surface area contributed by atoms with E-state index in [2.05, 4.69) is 25.7 Å². The third kappa shape index (κ3) is 3.65. The number of carbonyl (C=O) groups is 1. The van der Waals surface area contributed by atoms with Gasteiger partial charge in [-0.2, -0.15) is 0 Å². The average Bonchev–Trinajstić information content (AvgIpc) is 2.46. The molecule has 0 saturated carbocycles. The van der Waals surface area contributed by atoms with Gasteiger partial charge in [-0.1, -0.05) is 44.2 Å². The van der Waals surface area contributed by atoms with Crippen LogP contribution in [0.2, 0.25) is 0 Å². The van der Waals surface area contributed by atoms with Gasteiger partial charge in [0, 0.05) is 12.6 Å². The molecular formula is C18H27NO2. The van der Waals surface area contributed by atoms with Crippen molar-refractivity contribution in [2.45, 2.75) is 46.2 Å². The highest BCUT2D eigenvalue weighted by Crippen LogP contribution is 2.34. The van der Waals surface area contributed by atoms with Crippen LogP contribution in [0.4, 0.5) is 0 Å². The fraction of sp³-hybridized carbons (Fsp3) is 0.611. The van der Waals surface area contributed by atoms with Gasteiger partial charge in [-0.25, -0.2) is 4.79 Å². The molecule has 1 aromatic rings. The molecule has 116 valence electrons. The number of likely N-dealkylation sites (tertiary alicyclic amines) is 1. The van der Waals surface area contributed by atoms with Crippen LogP contribution in [0.5, 0.6) is 0 Å². The lowest BCUT2D eigenvalue weighted by Crippen LogP contribution is -2.49. The van der Waals surface area contributed by atoms with E-state index in [9.17, 15) is 4.79 Å². The summed E-state index contributed by atoms with van der Waals surface area (Å²) < 4.78 is 5.35. The molecule has 0 amide bonds. The number of rotatable bonds is 4. The van der Waals surface area contributed by atoms with Gasteiger partial charge in [-0.3, -0.25) is 4.90 Å². The second kappa shape index (κ2) is 7.08.